The van der Waals surface area contributed by atoms with Crippen molar-refractivity contribution in [2.24, 2.45) is 0 Å². The molecule has 7 heteroatoms. The number of ether oxygens (including phenoxy) is 3. The molecule has 2 heterocycles. The summed E-state index contributed by atoms with van der Waals surface area (Å²) in [4.78, 5) is 12.7. The van der Waals surface area contributed by atoms with Gasteiger partial charge in [-0.2, -0.15) is 0 Å². The van der Waals surface area contributed by atoms with Gasteiger partial charge in [0.05, 0.1) is 12.6 Å². The predicted molar refractivity (Wildman–Crippen MR) is 105 cm³/mol. The third kappa shape index (κ3) is 4.24. The van der Waals surface area contributed by atoms with Crippen LogP contribution < -0.4 is 5.32 Å². The summed E-state index contributed by atoms with van der Waals surface area (Å²) in [5.74, 6) is -0.226. The maximum absolute atomic E-state index is 11.7. The normalized spacial score (nSPS) is 32.4. The standard InChI is InChI=1S/C21H23NO5S/c1-13(23)22-17-18(24)19-16(26-21(17)28-15-10-6-3-7-11-15)12-25-20(27-19)14-8-4-2-5-9-14/h2-11,16-21,24H,12H2,1H3,(H,22,23)/t16-,17+,18-,19+,20+,21+/m1/s1. The molecule has 0 aliphatic carbocycles. The lowest BCUT2D eigenvalue weighted by molar-refractivity contribution is -0.306. The van der Waals surface area contributed by atoms with Crippen LogP contribution >= 0.6 is 11.8 Å². The van der Waals surface area contributed by atoms with Crippen molar-refractivity contribution in [2.45, 2.75) is 47.9 Å². The van der Waals surface area contributed by atoms with Crippen LogP contribution in [0.25, 0.3) is 0 Å². The second-order valence-corrected chi connectivity index (χ2v) is 8.04. The molecule has 2 aromatic rings. The predicted octanol–water partition coefficient (Wildman–Crippen LogP) is 2.48. The molecule has 2 fully saturated rings. The lowest BCUT2D eigenvalue weighted by Crippen LogP contribution is -2.65. The number of hydrogen-bond acceptors (Lipinski definition) is 6. The first-order valence-electron chi connectivity index (χ1n) is 9.26. The molecule has 0 radical (unpaired) electrons. The van der Waals surface area contributed by atoms with E-state index < -0.39 is 36.1 Å². The van der Waals surface area contributed by atoms with E-state index >= 15 is 0 Å². The summed E-state index contributed by atoms with van der Waals surface area (Å²) in [5, 5.41) is 13.9. The molecule has 28 heavy (non-hydrogen) atoms. The number of aliphatic hydroxyl groups excluding tert-OH is 1. The van der Waals surface area contributed by atoms with Gasteiger partial charge in [-0.05, 0) is 12.1 Å². The number of fused-ring (bicyclic) bond motifs is 1. The summed E-state index contributed by atoms with van der Waals surface area (Å²) in [7, 11) is 0. The molecule has 0 bridgehead atoms. The summed E-state index contributed by atoms with van der Waals surface area (Å²) in [6.45, 7) is 1.74. The van der Waals surface area contributed by atoms with E-state index in [9.17, 15) is 9.90 Å². The quantitative estimate of drug-likeness (QED) is 0.820. The van der Waals surface area contributed by atoms with Crippen LogP contribution in [0.3, 0.4) is 0 Å². The van der Waals surface area contributed by atoms with Crippen LogP contribution in [0.15, 0.2) is 65.6 Å². The van der Waals surface area contributed by atoms with Crippen molar-refractivity contribution < 1.29 is 24.1 Å². The lowest BCUT2D eigenvalue weighted by Gasteiger charge is -2.47. The third-order valence-corrected chi connectivity index (χ3v) is 5.98. The Labute approximate surface area is 168 Å². The highest BCUT2D eigenvalue weighted by Gasteiger charge is 2.49. The molecule has 148 valence electrons. The molecule has 2 aromatic carbocycles. The Morgan fingerprint density at radius 1 is 1.07 bits per heavy atom. The Hall–Kier alpha value is -1.90. The fourth-order valence-electron chi connectivity index (χ4n) is 3.49. The summed E-state index contributed by atoms with van der Waals surface area (Å²) in [5.41, 5.74) is 0.424. The Morgan fingerprint density at radius 3 is 2.43 bits per heavy atom. The number of amides is 1. The molecule has 0 spiro atoms. The van der Waals surface area contributed by atoms with Crippen LogP contribution in [-0.4, -0.2) is 47.4 Å². The summed E-state index contributed by atoms with van der Waals surface area (Å²) >= 11 is 1.46. The molecule has 6 nitrogen and oxygen atoms in total. The monoisotopic (exact) mass is 401 g/mol. The maximum atomic E-state index is 11.7. The Bertz CT molecular complexity index is 790. The number of aliphatic hydroxyl groups is 1. The second-order valence-electron chi connectivity index (χ2n) is 6.87. The van der Waals surface area contributed by atoms with Crippen molar-refractivity contribution in [3.63, 3.8) is 0 Å². The van der Waals surface area contributed by atoms with Gasteiger partial charge in [0.1, 0.15) is 23.7 Å². The fourth-order valence-corrected chi connectivity index (χ4v) is 4.65. The second kappa shape index (κ2) is 8.63. The van der Waals surface area contributed by atoms with Gasteiger partial charge >= 0.3 is 0 Å². The molecule has 2 aliphatic heterocycles. The number of carbonyl (C=O) groups excluding carboxylic acids is 1. The van der Waals surface area contributed by atoms with E-state index in [1.807, 2.05) is 60.7 Å². The third-order valence-electron chi connectivity index (χ3n) is 4.80. The Kier molecular flexibility index (Phi) is 5.99. The zero-order valence-electron chi connectivity index (χ0n) is 15.4. The molecular weight excluding hydrogens is 378 g/mol. The Morgan fingerprint density at radius 2 is 1.75 bits per heavy atom. The minimum absolute atomic E-state index is 0.226. The van der Waals surface area contributed by atoms with Gasteiger partial charge in [0.25, 0.3) is 0 Å². The number of benzene rings is 2. The summed E-state index contributed by atoms with van der Waals surface area (Å²) < 4.78 is 18.1. The van der Waals surface area contributed by atoms with Crippen LogP contribution in [0, 0.1) is 0 Å². The van der Waals surface area contributed by atoms with E-state index in [-0.39, 0.29) is 5.91 Å². The van der Waals surface area contributed by atoms with E-state index in [2.05, 4.69) is 5.32 Å². The van der Waals surface area contributed by atoms with Crippen LogP contribution in [-0.2, 0) is 19.0 Å². The van der Waals surface area contributed by atoms with Gasteiger partial charge in [-0.1, -0.05) is 60.3 Å². The highest BCUT2D eigenvalue weighted by molar-refractivity contribution is 7.99. The van der Waals surface area contributed by atoms with E-state index in [4.69, 9.17) is 14.2 Å². The van der Waals surface area contributed by atoms with Crippen molar-refractivity contribution in [1.29, 1.82) is 0 Å². The zero-order valence-corrected chi connectivity index (χ0v) is 16.2. The molecule has 2 N–H and O–H groups in total. The molecule has 1 amide bonds. The molecule has 0 aromatic heterocycles. The van der Waals surface area contributed by atoms with Crippen LogP contribution in [0.4, 0.5) is 0 Å². The highest BCUT2D eigenvalue weighted by atomic mass is 32.2. The van der Waals surface area contributed by atoms with Crippen LogP contribution in [0.5, 0.6) is 0 Å². The van der Waals surface area contributed by atoms with Crippen molar-refractivity contribution in [3.8, 4) is 0 Å². The molecule has 0 saturated carbocycles. The number of carbonyl (C=O) groups is 1. The maximum Gasteiger partial charge on any atom is 0.217 e. The van der Waals surface area contributed by atoms with E-state index in [0.717, 1.165) is 10.5 Å². The minimum Gasteiger partial charge on any atom is -0.388 e. The van der Waals surface area contributed by atoms with Gasteiger partial charge in [0.2, 0.25) is 5.91 Å². The zero-order chi connectivity index (χ0) is 19.5. The average Bonchev–Trinajstić information content (AvgIpc) is 2.72. The lowest BCUT2D eigenvalue weighted by atomic mass is 9.96. The number of hydrogen-bond donors (Lipinski definition) is 2. The van der Waals surface area contributed by atoms with Crippen LogP contribution in [0.1, 0.15) is 18.8 Å². The number of nitrogens with one attached hydrogen (secondary N) is 1. The van der Waals surface area contributed by atoms with E-state index in [1.165, 1.54) is 18.7 Å². The number of rotatable bonds is 4. The summed E-state index contributed by atoms with van der Waals surface area (Å²) in [6.07, 6.45) is -2.50. The van der Waals surface area contributed by atoms with Gasteiger partial charge < -0.3 is 24.6 Å². The molecule has 4 rings (SSSR count). The topological polar surface area (TPSA) is 77.0 Å². The van der Waals surface area contributed by atoms with Crippen molar-refractivity contribution >= 4 is 17.7 Å². The van der Waals surface area contributed by atoms with Crippen molar-refractivity contribution in [2.75, 3.05) is 6.61 Å². The highest BCUT2D eigenvalue weighted by Crippen LogP contribution is 2.38. The number of thioether (sulfide) groups is 1. The largest absolute Gasteiger partial charge is 0.388 e. The van der Waals surface area contributed by atoms with Crippen molar-refractivity contribution in [1.82, 2.24) is 5.32 Å². The van der Waals surface area contributed by atoms with E-state index in [0.29, 0.717) is 6.61 Å². The average molecular weight is 401 g/mol. The van der Waals surface area contributed by atoms with Gasteiger partial charge in [-0.3, -0.25) is 4.79 Å². The minimum atomic E-state index is -0.918. The van der Waals surface area contributed by atoms with Gasteiger partial charge in [-0.25, -0.2) is 0 Å². The summed E-state index contributed by atoms with van der Waals surface area (Å²) in [6, 6.07) is 18.7. The fraction of sp³-hybridized carbons (Fsp3) is 0.381. The van der Waals surface area contributed by atoms with Gasteiger partial charge in [0.15, 0.2) is 6.29 Å². The Balaban J connectivity index is 1.53. The molecular formula is C21H23NO5S. The van der Waals surface area contributed by atoms with E-state index in [1.54, 1.807) is 0 Å². The smallest absolute Gasteiger partial charge is 0.217 e. The SMILES string of the molecule is CC(=O)N[C@H]1[C@@H](O)[C@H]2O[C@@H](c3ccccc3)OC[C@H]2O[C@H]1Sc1ccccc1. The van der Waals surface area contributed by atoms with Gasteiger partial charge in [0, 0.05) is 17.4 Å². The van der Waals surface area contributed by atoms with Crippen molar-refractivity contribution in [3.05, 3.63) is 66.2 Å². The van der Waals surface area contributed by atoms with Crippen LogP contribution in [0.2, 0.25) is 0 Å². The molecule has 6 atom stereocenters. The first-order valence-corrected chi connectivity index (χ1v) is 10.1. The first kappa shape index (κ1) is 19.4. The van der Waals surface area contributed by atoms with Gasteiger partial charge in [-0.15, -0.1) is 0 Å². The molecule has 2 saturated heterocycles. The first-order chi connectivity index (χ1) is 13.6. The molecule has 2 aliphatic rings. The molecule has 0 unspecified atom stereocenters.